The van der Waals surface area contributed by atoms with E-state index >= 15 is 4.39 Å². The third kappa shape index (κ3) is 8.24. The number of fused-ring (bicyclic) bond motifs is 1. The van der Waals surface area contributed by atoms with Crippen molar-refractivity contribution in [2.75, 3.05) is 13.2 Å². The fourth-order valence-electron chi connectivity index (χ4n) is 4.71. The number of benzene rings is 2. The van der Waals surface area contributed by atoms with E-state index in [1.165, 1.54) is 4.57 Å². The molecule has 0 aliphatic rings. The van der Waals surface area contributed by atoms with E-state index in [9.17, 15) is 9.18 Å². The first kappa shape index (κ1) is 31.3. The normalized spacial score (nSPS) is 12.5. The molecular formula is C31H38ClF2N7O. The van der Waals surface area contributed by atoms with Gasteiger partial charge in [-0.15, -0.1) is 0 Å². The van der Waals surface area contributed by atoms with Crippen molar-refractivity contribution in [1.82, 2.24) is 25.2 Å². The molecule has 0 radical (unpaired) electrons. The fourth-order valence-corrected chi connectivity index (χ4v) is 4.96. The van der Waals surface area contributed by atoms with Gasteiger partial charge in [-0.1, -0.05) is 23.7 Å². The van der Waals surface area contributed by atoms with E-state index < -0.39 is 18.2 Å². The van der Waals surface area contributed by atoms with Gasteiger partial charge in [-0.05, 0) is 87.9 Å². The van der Waals surface area contributed by atoms with Crippen molar-refractivity contribution in [2.45, 2.75) is 64.6 Å². The van der Waals surface area contributed by atoms with Crippen molar-refractivity contribution in [3.05, 3.63) is 81.1 Å². The number of amidine groups is 1. The zero-order valence-corrected chi connectivity index (χ0v) is 24.9. The molecular weight excluding hydrogens is 560 g/mol. The van der Waals surface area contributed by atoms with Crippen LogP contribution in [0.15, 0.2) is 53.5 Å². The molecule has 4 aromatic rings. The summed E-state index contributed by atoms with van der Waals surface area (Å²) in [6.45, 7) is 6.33. The second kappa shape index (κ2) is 13.6. The van der Waals surface area contributed by atoms with Crippen LogP contribution in [0.25, 0.3) is 28.0 Å². The van der Waals surface area contributed by atoms with Gasteiger partial charge in [0.2, 0.25) is 0 Å². The first-order valence-electron chi connectivity index (χ1n) is 14.0. The molecule has 0 aliphatic heterocycles. The van der Waals surface area contributed by atoms with E-state index in [0.717, 1.165) is 30.4 Å². The Hall–Kier alpha value is -3.60. The zero-order chi connectivity index (χ0) is 30.4. The highest BCUT2D eigenvalue weighted by Crippen LogP contribution is 2.31. The highest BCUT2D eigenvalue weighted by molar-refractivity contribution is 6.31. The molecule has 4 rings (SSSR count). The summed E-state index contributed by atoms with van der Waals surface area (Å²) in [4.78, 5) is 20.2. The van der Waals surface area contributed by atoms with Crippen LogP contribution in [0.5, 0.6) is 0 Å². The highest BCUT2D eigenvalue weighted by Gasteiger charge is 2.16. The molecule has 2 aromatic carbocycles. The van der Waals surface area contributed by atoms with E-state index in [1.807, 2.05) is 45.0 Å². The standard InChI is InChI=1S/C31H38ClF2N7O/c1-19(10-12-37-27(35)16-33)38-17-20-6-8-23(9-7-20)41-18-22-15-26(39-29(22)40-30(41)42)24-13-21(14-25(32)28(24)34)5-4-11-31(2,3)36/h6-9,13-15,18-19,38H,4-5,10-12,16-17,36H2,1-3H3,(H2,35,37)(H,39,40,42). The molecule has 0 amide bonds. The van der Waals surface area contributed by atoms with Gasteiger partial charge in [-0.2, -0.15) is 4.98 Å². The van der Waals surface area contributed by atoms with Gasteiger partial charge in [0.15, 0.2) is 5.82 Å². The van der Waals surface area contributed by atoms with Crippen molar-refractivity contribution in [3.8, 4) is 16.9 Å². The summed E-state index contributed by atoms with van der Waals surface area (Å²) in [5.41, 5.74) is 9.13. The molecule has 224 valence electrons. The van der Waals surface area contributed by atoms with E-state index in [2.05, 4.69) is 20.6 Å². The molecule has 1 atom stereocenters. The van der Waals surface area contributed by atoms with Crippen LogP contribution in [-0.2, 0) is 13.0 Å². The number of nitrogens with two attached hydrogens (primary N) is 1. The second-order valence-corrected chi connectivity index (χ2v) is 11.8. The minimum absolute atomic E-state index is 0.0404. The Morgan fingerprint density at radius 2 is 1.95 bits per heavy atom. The van der Waals surface area contributed by atoms with Crippen LogP contribution >= 0.6 is 11.6 Å². The van der Waals surface area contributed by atoms with Gasteiger partial charge in [0.1, 0.15) is 18.2 Å². The molecule has 0 bridgehead atoms. The van der Waals surface area contributed by atoms with E-state index in [-0.39, 0.29) is 22.4 Å². The van der Waals surface area contributed by atoms with Gasteiger partial charge in [0, 0.05) is 41.8 Å². The maximum atomic E-state index is 15.1. The van der Waals surface area contributed by atoms with Crippen LogP contribution in [0.4, 0.5) is 8.78 Å². The van der Waals surface area contributed by atoms with Crippen molar-refractivity contribution < 1.29 is 8.78 Å². The molecule has 0 saturated heterocycles. The molecule has 8 nitrogen and oxygen atoms in total. The van der Waals surface area contributed by atoms with E-state index in [4.69, 9.17) is 22.7 Å². The average molecular weight is 598 g/mol. The van der Waals surface area contributed by atoms with Crippen LogP contribution in [-0.4, -0.2) is 45.2 Å². The molecule has 0 aliphatic carbocycles. The Labute approximate surface area is 249 Å². The third-order valence-electron chi connectivity index (χ3n) is 7.09. The Kier molecular flexibility index (Phi) is 10.1. The molecule has 0 spiro atoms. The van der Waals surface area contributed by atoms with E-state index in [0.29, 0.717) is 47.5 Å². The Morgan fingerprint density at radius 1 is 1.21 bits per heavy atom. The van der Waals surface area contributed by atoms with Gasteiger partial charge < -0.3 is 21.4 Å². The van der Waals surface area contributed by atoms with Crippen LogP contribution in [0.1, 0.15) is 51.2 Å². The number of hydrogen-bond acceptors (Lipinski definition) is 5. The molecule has 6 N–H and O–H groups in total. The van der Waals surface area contributed by atoms with Crippen LogP contribution in [0, 0.1) is 11.2 Å². The predicted molar refractivity (Wildman–Crippen MR) is 166 cm³/mol. The minimum atomic E-state index is -0.791. The minimum Gasteiger partial charge on any atom is -0.372 e. The largest absolute Gasteiger partial charge is 0.372 e. The fraction of sp³-hybridized carbons (Fsp3) is 0.387. The summed E-state index contributed by atoms with van der Waals surface area (Å²) >= 11 is 6.25. The molecule has 0 saturated carbocycles. The summed E-state index contributed by atoms with van der Waals surface area (Å²) in [5, 5.41) is 14.1. The predicted octanol–water partition coefficient (Wildman–Crippen LogP) is 5.64. The number of hydrogen-bond donors (Lipinski definition) is 5. The van der Waals surface area contributed by atoms with Crippen molar-refractivity contribution in [2.24, 2.45) is 5.73 Å². The quantitative estimate of drug-likeness (QED) is 0.101. The number of H-pyrrole nitrogens is 1. The summed E-state index contributed by atoms with van der Waals surface area (Å²) in [7, 11) is 0. The number of aromatic amines is 1. The highest BCUT2D eigenvalue weighted by atomic mass is 35.5. The van der Waals surface area contributed by atoms with Crippen LogP contribution in [0.3, 0.4) is 0 Å². The van der Waals surface area contributed by atoms with Gasteiger partial charge >= 0.3 is 5.69 Å². The second-order valence-electron chi connectivity index (χ2n) is 11.4. The number of aryl methyl sites for hydroxylation is 1. The molecule has 2 aromatic heterocycles. The summed E-state index contributed by atoms with van der Waals surface area (Å²) < 4.78 is 28.9. The zero-order valence-electron chi connectivity index (χ0n) is 24.2. The monoisotopic (exact) mass is 597 g/mol. The maximum Gasteiger partial charge on any atom is 0.354 e. The maximum absolute atomic E-state index is 15.1. The lowest BCUT2D eigenvalue weighted by atomic mass is 9.96. The van der Waals surface area contributed by atoms with Crippen LogP contribution < -0.4 is 22.1 Å². The summed E-state index contributed by atoms with van der Waals surface area (Å²) in [6.07, 6.45) is 4.81. The summed E-state index contributed by atoms with van der Waals surface area (Å²) in [5.74, 6) is -0.643. The van der Waals surface area contributed by atoms with Crippen molar-refractivity contribution >= 4 is 28.5 Å². The molecule has 42 heavy (non-hydrogen) atoms. The topological polar surface area (TPSA) is 125 Å². The Bertz CT molecular complexity index is 1590. The molecule has 2 heterocycles. The number of nitrogens with zero attached hydrogens (tertiary/aromatic N) is 2. The van der Waals surface area contributed by atoms with Gasteiger partial charge in [-0.3, -0.25) is 9.98 Å². The van der Waals surface area contributed by atoms with Crippen molar-refractivity contribution in [3.63, 3.8) is 0 Å². The van der Waals surface area contributed by atoms with Crippen molar-refractivity contribution in [1.29, 1.82) is 5.41 Å². The number of nitrogens with one attached hydrogen (secondary N) is 4. The number of alkyl halides is 1. The van der Waals surface area contributed by atoms with Gasteiger partial charge in [0.25, 0.3) is 0 Å². The van der Waals surface area contributed by atoms with Gasteiger partial charge in [0.05, 0.1) is 16.4 Å². The number of aromatic nitrogens is 3. The van der Waals surface area contributed by atoms with Gasteiger partial charge in [-0.25, -0.2) is 13.6 Å². The lowest BCUT2D eigenvalue weighted by Crippen LogP contribution is -2.32. The number of halogens is 3. The average Bonchev–Trinajstić information content (AvgIpc) is 3.35. The lowest BCUT2D eigenvalue weighted by molar-refractivity contribution is 0.459. The Balaban J connectivity index is 1.48. The SMILES string of the molecule is CC(CCNC(=N)CF)NCc1ccc(-n2cc3cc(-c4cc(CCCC(C)(C)N)cc(Cl)c4F)[nH]c3nc2=O)cc1. The smallest absolute Gasteiger partial charge is 0.354 e. The molecule has 1 unspecified atom stereocenters. The third-order valence-corrected chi connectivity index (χ3v) is 7.37. The first-order chi connectivity index (χ1) is 19.9. The van der Waals surface area contributed by atoms with Crippen LogP contribution in [0.2, 0.25) is 5.02 Å². The number of rotatable bonds is 13. The molecule has 0 fully saturated rings. The lowest BCUT2D eigenvalue weighted by Gasteiger charge is -2.18. The summed E-state index contributed by atoms with van der Waals surface area (Å²) in [6, 6.07) is 12.9. The Morgan fingerprint density at radius 3 is 2.64 bits per heavy atom. The first-order valence-corrected chi connectivity index (χ1v) is 14.4. The molecule has 11 heteroatoms. The van der Waals surface area contributed by atoms with E-state index in [1.54, 1.807) is 24.4 Å².